The predicted octanol–water partition coefficient (Wildman–Crippen LogP) is 2.76. The van der Waals surface area contributed by atoms with Crippen molar-refractivity contribution in [2.75, 3.05) is 0 Å². The molecule has 74 valence electrons. The van der Waals surface area contributed by atoms with E-state index in [0.29, 0.717) is 5.15 Å². The van der Waals surface area contributed by atoms with Gasteiger partial charge < -0.3 is 0 Å². The van der Waals surface area contributed by atoms with E-state index in [1.54, 1.807) is 0 Å². The Kier molecular flexibility index (Phi) is 2.51. The van der Waals surface area contributed by atoms with Gasteiger partial charge in [-0.25, -0.2) is 0 Å². The third-order valence-electron chi connectivity index (χ3n) is 2.37. The van der Waals surface area contributed by atoms with E-state index in [1.165, 1.54) is 3.58 Å². The van der Waals surface area contributed by atoms with E-state index in [9.17, 15) is 0 Å². The Morgan fingerprint density at radius 3 is 2.64 bits per heavy atom. The number of fused-ring (bicyclic) bond motifs is 1. The van der Waals surface area contributed by atoms with Crippen LogP contribution in [0.15, 0.2) is 18.2 Å². The summed E-state index contributed by atoms with van der Waals surface area (Å²) in [5.41, 5.74) is 0.953. The average Bonchev–Trinajstić information content (AvgIpc) is 2.46. The first kappa shape index (κ1) is 10.3. The molecule has 1 aromatic heterocycles. The molecule has 0 amide bonds. The molecule has 1 aromatic carbocycles. The SMILES string of the molecule is [CH3][Sn]([CH3])([CH3])[c]1ccc2n[nH]c(Cl)c2c1. The zero-order chi connectivity index (χ0) is 10.3. The second-order valence-corrected chi connectivity index (χ2v) is 19.4. The third-order valence-corrected chi connectivity index (χ3v) is 8.49. The van der Waals surface area contributed by atoms with Crippen molar-refractivity contribution in [3.8, 4) is 0 Å². The van der Waals surface area contributed by atoms with Crippen LogP contribution in [-0.2, 0) is 0 Å². The number of aromatic amines is 1. The molecule has 0 atom stereocenters. The van der Waals surface area contributed by atoms with Gasteiger partial charge in [0.25, 0.3) is 0 Å². The molecule has 0 aliphatic rings. The van der Waals surface area contributed by atoms with Crippen LogP contribution >= 0.6 is 11.6 Å². The Bertz CT molecular complexity index is 470. The Labute approximate surface area is 92.5 Å². The Morgan fingerprint density at radius 2 is 2.00 bits per heavy atom. The van der Waals surface area contributed by atoms with Crippen molar-refractivity contribution in [1.82, 2.24) is 10.2 Å². The second kappa shape index (κ2) is 3.42. The molecule has 2 nitrogen and oxygen atoms in total. The van der Waals surface area contributed by atoms with Gasteiger partial charge in [0, 0.05) is 0 Å². The molecule has 0 aliphatic heterocycles. The number of hydrogen-bond donors (Lipinski definition) is 1. The fourth-order valence-electron chi connectivity index (χ4n) is 1.45. The van der Waals surface area contributed by atoms with E-state index >= 15 is 0 Å². The summed E-state index contributed by atoms with van der Waals surface area (Å²) in [6.45, 7) is 0. The number of aromatic nitrogens is 2. The second-order valence-electron chi connectivity index (χ2n) is 4.52. The Hall–Kier alpha value is -0.221. The van der Waals surface area contributed by atoms with E-state index in [-0.39, 0.29) is 0 Å². The summed E-state index contributed by atoms with van der Waals surface area (Å²) in [5.74, 6) is 0. The van der Waals surface area contributed by atoms with Crippen LogP contribution in [0.3, 0.4) is 0 Å². The van der Waals surface area contributed by atoms with Gasteiger partial charge >= 0.3 is 92.8 Å². The van der Waals surface area contributed by atoms with Crippen molar-refractivity contribution < 1.29 is 0 Å². The van der Waals surface area contributed by atoms with Crippen molar-refractivity contribution >= 4 is 44.5 Å². The Morgan fingerprint density at radius 1 is 1.29 bits per heavy atom. The van der Waals surface area contributed by atoms with E-state index in [0.717, 1.165) is 10.9 Å². The van der Waals surface area contributed by atoms with Gasteiger partial charge in [-0.15, -0.1) is 0 Å². The van der Waals surface area contributed by atoms with Crippen LogP contribution < -0.4 is 3.58 Å². The Balaban J connectivity index is 2.66. The van der Waals surface area contributed by atoms with Gasteiger partial charge in [-0.2, -0.15) is 0 Å². The maximum atomic E-state index is 6.00. The average molecular weight is 315 g/mol. The van der Waals surface area contributed by atoms with Gasteiger partial charge in [0.05, 0.1) is 0 Å². The minimum atomic E-state index is -1.96. The molecule has 1 heterocycles. The first-order valence-electron chi connectivity index (χ1n) is 4.62. The molecule has 2 aromatic rings. The van der Waals surface area contributed by atoms with Crippen LogP contribution in [0.4, 0.5) is 0 Å². The number of nitrogens with one attached hydrogen (secondary N) is 1. The van der Waals surface area contributed by atoms with Crippen molar-refractivity contribution in [2.45, 2.75) is 14.8 Å². The van der Waals surface area contributed by atoms with Crippen LogP contribution in [0, 0.1) is 0 Å². The van der Waals surface area contributed by atoms with Gasteiger partial charge in [0.15, 0.2) is 0 Å². The molecule has 0 radical (unpaired) electrons. The number of nitrogens with zero attached hydrogens (tertiary/aromatic N) is 1. The zero-order valence-electron chi connectivity index (χ0n) is 8.56. The van der Waals surface area contributed by atoms with Gasteiger partial charge in [-0.3, -0.25) is 0 Å². The predicted molar refractivity (Wildman–Crippen MR) is 64.1 cm³/mol. The maximum absolute atomic E-state index is 6.00. The monoisotopic (exact) mass is 316 g/mol. The molecule has 14 heavy (non-hydrogen) atoms. The summed E-state index contributed by atoms with van der Waals surface area (Å²) in [6, 6.07) is 6.43. The van der Waals surface area contributed by atoms with Gasteiger partial charge in [0.1, 0.15) is 0 Å². The van der Waals surface area contributed by atoms with Crippen LogP contribution in [-0.4, -0.2) is 28.6 Å². The molecule has 1 N–H and O–H groups in total. The van der Waals surface area contributed by atoms with E-state index in [2.05, 4.69) is 43.2 Å². The number of hydrogen-bond acceptors (Lipinski definition) is 1. The summed E-state index contributed by atoms with van der Waals surface area (Å²) in [4.78, 5) is 7.18. The fraction of sp³-hybridized carbons (Fsp3) is 0.300. The van der Waals surface area contributed by atoms with Crippen molar-refractivity contribution in [3.63, 3.8) is 0 Å². The van der Waals surface area contributed by atoms with E-state index in [1.807, 2.05) is 0 Å². The zero-order valence-corrected chi connectivity index (χ0v) is 12.2. The number of rotatable bonds is 1. The third kappa shape index (κ3) is 1.77. The summed E-state index contributed by atoms with van der Waals surface area (Å²) < 4.78 is 1.48. The van der Waals surface area contributed by atoms with Crippen molar-refractivity contribution in [2.24, 2.45) is 0 Å². The molecular formula is C10H13ClN2Sn. The van der Waals surface area contributed by atoms with Gasteiger partial charge in [0.2, 0.25) is 0 Å². The van der Waals surface area contributed by atoms with Gasteiger partial charge in [-0.1, -0.05) is 0 Å². The topological polar surface area (TPSA) is 28.7 Å². The molecule has 0 spiro atoms. The molecule has 0 aliphatic carbocycles. The standard InChI is InChI=1S/C7H4ClN2.3CH3.Sn/c8-7-5-3-1-2-4-6(5)9-10-7;;;;/h2-4H,(H,9,10);3*1H3;. The molecule has 0 unspecified atom stereocenters. The first-order chi connectivity index (χ1) is 6.48. The molecule has 0 fully saturated rings. The summed E-state index contributed by atoms with van der Waals surface area (Å²) in [6.07, 6.45) is 0. The summed E-state index contributed by atoms with van der Waals surface area (Å²) >= 11 is 4.04. The first-order valence-corrected chi connectivity index (χ1v) is 15.0. The van der Waals surface area contributed by atoms with Crippen LogP contribution in [0.25, 0.3) is 10.9 Å². The molecule has 4 heteroatoms. The molecule has 0 saturated carbocycles. The number of benzene rings is 1. The summed E-state index contributed by atoms with van der Waals surface area (Å²) in [7, 11) is 0. The van der Waals surface area contributed by atoms with Crippen molar-refractivity contribution in [1.29, 1.82) is 0 Å². The summed E-state index contributed by atoms with van der Waals surface area (Å²) in [5, 5.41) is 8.60. The fourth-order valence-corrected chi connectivity index (χ4v) is 4.95. The molecule has 2 rings (SSSR count). The van der Waals surface area contributed by atoms with E-state index in [4.69, 9.17) is 11.6 Å². The normalized spacial score (nSPS) is 12.3. The minimum absolute atomic E-state index is 0.650. The van der Waals surface area contributed by atoms with Crippen LogP contribution in [0.5, 0.6) is 0 Å². The van der Waals surface area contributed by atoms with Crippen molar-refractivity contribution in [3.05, 3.63) is 23.4 Å². The van der Waals surface area contributed by atoms with Gasteiger partial charge in [-0.05, 0) is 0 Å². The molecule has 0 bridgehead atoms. The van der Waals surface area contributed by atoms with Crippen LogP contribution in [0.1, 0.15) is 0 Å². The molecule has 0 saturated heterocycles. The van der Waals surface area contributed by atoms with Crippen LogP contribution in [0.2, 0.25) is 20.0 Å². The number of halogens is 1. The number of H-pyrrole nitrogens is 1. The quantitative estimate of drug-likeness (QED) is 0.806. The van der Waals surface area contributed by atoms with E-state index < -0.39 is 18.4 Å². The molecular weight excluding hydrogens is 302 g/mol.